The van der Waals surface area contributed by atoms with E-state index in [2.05, 4.69) is 9.97 Å². The molecule has 6 heteroatoms. The van der Waals surface area contributed by atoms with E-state index in [-0.39, 0.29) is 11.9 Å². The Labute approximate surface area is 115 Å². The number of nitrogens with zero attached hydrogens (tertiary/aromatic N) is 2. The number of aromatic nitrogens is 2. The number of rotatable bonds is 2. The standard InChI is InChI=1S/C13H16N4OS/c1-8-16-12(7-19-8)9-4-11(15-5-9)13(18)17-3-2-10(14)6-17/h4-5,7,10,15H,2-3,6,14H2,1H3/t10-/m1/s1. The van der Waals surface area contributed by atoms with Crippen molar-refractivity contribution in [3.8, 4) is 11.3 Å². The van der Waals surface area contributed by atoms with E-state index in [1.807, 2.05) is 24.6 Å². The van der Waals surface area contributed by atoms with E-state index in [1.54, 1.807) is 16.2 Å². The Bertz CT molecular complexity index is 603. The van der Waals surface area contributed by atoms with Gasteiger partial charge in [-0.1, -0.05) is 0 Å². The number of carbonyl (C=O) groups is 1. The first-order chi connectivity index (χ1) is 9.13. The summed E-state index contributed by atoms with van der Waals surface area (Å²) in [5, 5.41) is 3.02. The maximum Gasteiger partial charge on any atom is 0.270 e. The minimum atomic E-state index is 0.0196. The van der Waals surface area contributed by atoms with Crippen molar-refractivity contribution in [1.82, 2.24) is 14.9 Å². The van der Waals surface area contributed by atoms with Gasteiger partial charge in [-0.2, -0.15) is 0 Å². The van der Waals surface area contributed by atoms with E-state index >= 15 is 0 Å². The van der Waals surface area contributed by atoms with Gasteiger partial charge in [0.25, 0.3) is 5.91 Å². The van der Waals surface area contributed by atoms with E-state index in [0.29, 0.717) is 12.2 Å². The summed E-state index contributed by atoms with van der Waals surface area (Å²) in [7, 11) is 0. The van der Waals surface area contributed by atoms with Crippen LogP contribution >= 0.6 is 11.3 Å². The Balaban J connectivity index is 1.79. The predicted octanol–water partition coefficient (Wildman–Crippen LogP) is 1.62. The first-order valence-electron chi connectivity index (χ1n) is 6.29. The highest BCUT2D eigenvalue weighted by molar-refractivity contribution is 7.09. The molecule has 2 aromatic rings. The fraction of sp³-hybridized carbons (Fsp3) is 0.385. The second-order valence-corrected chi connectivity index (χ2v) is 5.92. The minimum Gasteiger partial charge on any atom is -0.357 e. The fourth-order valence-corrected chi connectivity index (χ4v) is 2.93. The van der Waals surface area contributed by atoms with E-state index in [1.165, 1.54) is 0 Å². The Kier molecular flexibility index (Phi) is 3.12. The molecule has 0 unspecified atom stereocenters. The van der Waals surface area contributed by atoms with E-state index in [4.69, 9.17) is 5.73 Å². The van der Waals surface area contributed by atoms with Crippen LogP contribution in [0.1, 0.15) is 21.9 Å². The highest BCUT2D eigenvalue weighted by Crippen LogP contribution is 2.23. The third-order valence-corrected chi connectivity index (χ3v) is 4.11. The number of hydrogen-bond donors (Lipinski definition) is 2. The van der Waals surface area contributed by atoms with Gasteiger partial charge in [0.2, 0.25) is 0 Å². The third kappa shape index (κ3) is 2.41. The lowest BCUT2D eigenvalue weighted by atomic mass is 10.2. The summed E-state index contributed by atoms with van der Waals surface area (Å²) >= 11 is 1.61. The average molecular weight is 276 g/mol. The first-order valence-corrected chi connectivity index (χ1v) is 7.17. The van der Waals surface area contributed by atoms with Crippen LogP contribution in [0, 0.1) is 6.92 Å². The molecule has 1 saturated heterocycles. The van der Waals surface area contributed by atoms with Gasteiger partial charge in [-0.25, -0.2) is 4.98 Å². The summed E-state index contributed by atoms with van der Waals surface area (Å²) in [5.41, 5.74) is 8.30. The van der Waals surface area contributed by atoms with Gasteiger partial charge in [-0.15, -0.1) is 11.3 Å². The van der Waals surface area contributed by atoms with Crippen LogP contribution in [-0.4, -0.2) is 39.9 Å². The molecular formula is C13H16N4OS. The molecule has 3 heterocycles. The molecule has 0 spiro atoms. The number of aryl methyl sites for hydroxylation is 1. The van der Waals surface area contributed by atoms with E-state index < -0.39 is 0 Å². The van der Waals surface area contributed by atoms with Crippen LogP contribution in [0.3, 0.4) is 0 Å². The van der Waals surface area contributed by atoms with Crippen molar-refractivity contribution in [3.63, 3.8) is 0 Å². The molecule has 3 N–H and O–H groups in total. The Hall–Kier alpha value is -1.66. The number of nitrogens with two attached hydrogens (primary N) is 1. The fourth-order valence-electron chi connectivity index (χ4n) is 2.30. The highest BCUT2D eigenvalue weighted by atomic mass is 32.1. The van der Waals surface area contributed by atoms with E-state index in [0.717, 1.165) is 29.2 Å². The van der Waals surface area contributed by atoms with Gasteiger partial charge in [0.15, 0.2) is 0 Å². The molecular weight excluding hydrogens is 260 g/mol. The van der Waals surface area contributed by atoms with Crippen LogP contribution in [-0.2, 0) is 0 Å². The van der Waals surface area contributed by atoms with Crippen LogP contribution in [0.15, 0.2) is 17.6 Å². The molecule has 19 heavy (non-hydrogen) atoms. The number of nitrogens with one attached hydrogen (secondary N) is 1. The zero-order chi connectivity index (χ0) is 13.4. The Morgan fingerprint density at radius 1 is 1.63 bits per heavy atom. The second-order valence-electron chi connectivity index (χ2n) is 4.85. The molecule has 1 fully saturated rings. The zero-order valence-corrected chi connectivity index (χ0v) is 11.5. The van der Waals surface area contributed by atoms with Crippen molar-refractivity contribution in [3.05, 3.63) is 28.3 Å². The molecule has 2 aromatic heterocycles. The number of aromatic amines is 1. The molecule has 1 atom stereocenters. The predicted molar refractivity (Wildman–Crippen MR) is 75.1 cm³/mol. The Morgan fingerprint density at radius 2 is 2.47 bits per heavy atom. The summed E-state index contributed by atoms with van der Waals surface area (Å²) in [4.78, 5) is 21.5. The molecule has 0 aliphatic carbocycles. The van der Waals surface area contributed by atoms with Crippen LogP contribution in [0.25, 0.3) is 11.3 Å². The maximum absolute atomic E-state index is 12.3. The summed E-state index contributed by atoms with van der Waals surface area (Å²) in [6, 6.07) is 1.97. The van der Waals surface area contributed by atoms with Gasteiger partial charge in [-0.05, 0) is 19.4 Å². The lowest BCUT2D eigenvalue weighted by Crippen LogP contribution is -2.32. The monoisotopic (exact) mass is 276 g/mol. The molecule has 0 radical (unpaired) electrons. The molecule has 100 valence electrons. The second kappa shape index (κ2) is 4.79. The number of amides is 1. The van der Waals surface area contributed by atoms with Gasteiger partial charge in [-0.3, -0.25) is 4.79 Å². The largest absolute Gasteiger partial charge is 0.357 e. The quantitative estimate of drug-likeness (QED) is 0.875. The number of thiazole rings is 1. The van der Waals surface area contributed by atoms with Gasteiger partial charge in [0, 0.05) is 36.3 Å². The molecule has 1 aliphatic rings. The molecule has 1 amide bonds. The summed E-state index contributed by atoms with van der Waals surface area (Å²) in [6.07, 6.45) is 2.71. The van der Waals surface area contributed by atoms with Crippen molar-refractivity contribution in [2.24, 2.45) is 5.73 Å². The normalized spacial score (nSPS) is 19.1. The highest BCUT2D eigenvalue weighted by Gasteiger charge is 2.25. The molecule has 0 saturated carbocycles. The van der Waals surface area contributed by atoms with Crippen LogP contribution in [0.4, 0.5) is 0 Å². The number of likely N-dealkylation sites (tertiary alicyclic amines) is 1. The van der Waals surface area contributed by atoms with Crippen molar-refractivity contribution >= 4 is 17.2 Å². The van der Waals surface area contributed by atoms with Gasteiger partial charge in [0.05, 0.1) is 10.7 Å². The lowest BCUT2D eigenvalue weighted by molar-refractivity contribution is 0.0786. The maximum atomic E-state index is 12.3. The number of H-pyrrole nitrogens is 1. The third-order valence-electron chi connectivity index (χ3n) is 3.34. The molecule has 0 aromatic carbocycles. The average Bonchev–Trinajstić information content (AvgIpc) is 3.07. The van der Waals surface area contributed by atoms with Crippen LogP contribution < -0.4 is 5.73 Å². The topological polar surface area (TPSA) is 75.0 Å². The summed E-state index contributed by atoms with van der Waals surface area (Å²) < 4.78 is 0. The first kappa shape index (κ1) is 12.4. The van der Waals surface area contributed by atoms with Gasteiger partial charge >= 0.3 is 0 Å². The molecule has 5 nitrogen and oxygen atoms in total. The van der Waals surface area contributed by atoms with Crippen LogP contribution in [0.2, 0.25) is 0 Å². The van der Waals surface area contributed by atoms with Gasteiger partial charge < -0.3 is 15.6 Å². The Morgan fingerprint density at radius 3 is 3.11 bits per heavy atom. The van der Waals surface area contributed by atoms with E-state index in [9.17, 15) is 4.79 Å². The summed E-state index contributed by atoms with van der Waals surface area (Å²) in [5.74, 6) is 0.0196. The smallest absolute Gasteiger partial charge is 0.270 e. The van der Waals surface area contributed by atoms with Crippen LogP contribution in [0.5, 0.6) is 0 Å². The zero-order valence-electron chi connectivity index (χ0n) is 10.7. The molecule has 1 aliphatic heterocycles. The lowest BCUT2D eigenvalue weighted by Gasteiger charge is -2.14. The van der Waals surface area contributed by atoms with Crippen molar-refractivity contribution < 1.29 is 4.79 Å². The van der Waals surface area contributed by atoms with Crippen molar-refractivity contribution in [2.45, 2.75) is 19.4 Å². The summed E-state index contributed by atoms with van der Waals surface area (Å²) in [6.45, 7) is 3.35. The number of carbonyl (C=O) groups excluding carboxylic acids is 1. The molecule has 0 bridgehead atoms. The minimum absolute atomic E-state index is 0.0196. The SMILES string of the molecule is Cc1nc(-c2c[nH]c(C(=O)N3CC[C@@H](N)C3)c2)cs1. The van der Waals surface area contributed by atoms with Gasteiger partial charge in [0.1, 0.15) is 5.69 Å². The van der Waals surface area contributed by atoms with Crippen molar-refractivity contribution in [2.75, 3.05) is 13.1 Å². The number of hydrogen-bond acceptors (Lipinski definition) is 4. The molecule has 3 rings (SSSR count). The van der Waals surface area contributed by atoms with Crippen molar-refractivity contribution in [1.29, 1.82) is 0 Å².